The van der Waals surface area contributed by atoms with E-state index in [1.165, 1.54) is 0 Å². The molecule has 0 bridgehead atoms. The zero-order valence-electron chi connectivity index (χ0n) is 7.68. The lowest BCUT2D eigenvalue weighted by Crippen LogP contribution is -2.44. The highest BCUT2D eigenvalue weighted by atomic mass is 16.1. The van der Waals surface area contributed by atoms with Crippen LogP contribution in [0, 0.1) is 0 Å². The van der Waals surface area contributed by atoms with Crippen LogP contribution in [0.1, 0.15) is 19.3 Å². The number of fused-ring (bicyclic) bond motifs is 1. The van der Waals surface area contributed by atoms with E-state index in [1.54, 1.807) is 0 Å². The lowest BCUT2D eigenvalue weighted by atomic mass is 10.0. The van der Waals surface area contributed by atoms with Gasteiger partial charge < -0.3 is 16.0 Å². The maximum absolute atomic E-state index is 11.1. The summed E-state index contributed by atoms with van der Waals surface area (Å²) >= 11 is 0. The molecule has 0 spiro atoms. The van der Waals surface area contributed by atoms with Crippen LogP contribution in [-0.4, -0.2) is 30.4 Å². The van der Waals surface area contributed by atoms with Gasteiger partial charge in [-0.05, 0) is 19.3 Å². The minimum absolute atomic E-state index is 0.269. The molecular weight excluding hydrogens is 166 g/mol. The summed E-state index contributed by atoms with van der Waals surface area (Å²) in [6.07, 6.45) is 3.02. The van der Waals surface area contributed by atoms with Gasteiger partial charge in [-0.1, -0.05) is 0 Å². The Morgan fingerprint density at radius 1 is 1.38 bits per heavy atom. The van der Waals surface area contributed by atoms with Gasteiger partial charge >= 0.3 is 0 Å². The summed E-state index contributed by atoms with van der Waals surface area (Å²) in [5.74, 6) is 0.721. The van der Waals surface area contributed by atoms with E-state index in [-0.39, 0.29) is 5.91 Å². The number of carbonyl (C=O) groups is 1. The van der Waals surface area contributed by atoms with Gasteiger partial charge in [0.25, 0.3) is 0 Å². The lowest BCUT2D eigenvalue weighted by Gasteiger charge is -2.37. The fourth-order valence-electron chi connectivity index (χ4n) is 2.03. The second kappa shape index (κ2) is 3.28. The van der Waals surface area contributed by atoms with Gasteiger partial charge in [0.1, 0.15) is 5.82 Å². The van der Waals surface area contributed by atoms with Crippen LogP contribution in [0.3, 0.4) is 0 Å². The molecule has 0 saturated carbocycles. The van der Waals surface area contributed by atoms with Crippen LogP contribution in [0.5, 0.6) is 0 Å². The zero-order chi connectivity index (χ0) is 9.26. The number of nitrogens with one attached hydrogen (secondary N) is 1. The van der Waals surface area contributed by atoms with Crippen molar-refractivity contribution in [3.05, 3.63) is 11.4 Å². The van der Waals surface area contributed by atoms with E-state index < -0.39 is 0 Å². The van der Waals surface area contributed by atoms with Crippen LogP contribution in [-0.2, 0) is 4.79 Å². The molecule has 0 aromatic carbocycles. The normalized spacial score (nSPS) is 22.3. The molecule has 0 aromatic rings. The van der Waals surface area contributed by atoms with Crippen molar-refractivity contribution in [1.82, 2.24) is 10.2 Å². The van der Waals surface area contributed by atoms with E-state index in [0.717, 1.165) is 50.3 Å². The number of hydrogen-bond donors (Lipinski definition) is 2. The van der Waals surface area contributed by atoms with Crippen molar-refractivity contribution < 1.29 is 4.79 Å². The molecule has 4 nitrogen and oxygen atoms in total. The molecule has 4 heteroatoms. The number of hydrogen-bond acceptors (Lipinski definition) is 3. The number of nitrogens with two attached hydrogens (primary N) is 1. The monoisotopic (exact) mass is 181 g/mol. The Labute approximate surface area is 77.8 Å². The molecule has 72 valence electrons. The second-order valence-electron chi connectivity index (χ2n) is 3.56. The minimum atomic E-state index is -0.269. The van der Waals surface area contributed by atoms with Crippen molar-refractivity contribution in [2.75, 3.05) is 19.6 Å². The van der Waals surface area contributed by atoms with Crippen LogP contribution in [0.4, 0.5) is 0 Å². The van der Waals surface area contributed by atoms with Crippen molar-refractivity contribution in [2.45, 2.75) is 19.3 Å². The molecule has 0 unspecified atom stereocenters. The van der Waals surface area contributed by atoms with Crippen molar-refractivity contribution in [3.63, 3.8) is 0 Å². The molecular formula is C9H15N3O. The summed E-state index contributed by atoms with van der Waals surface area (Å²) in [6.45, 7) is 3.07. The first kappa shape index (κ1) is 8.41. The Balaban J connectivity index is 2.28. The molecule has 1 fully saturated rings. The van der Waals surface area contributed by atoms with Gasteiger partial charge in [-0.2, -0.15) is 0 Å². The van der Waals surface area contributed by atoms with Gasteiger partial charge in [0.05, 0.1) is 5.57 Å². The Morgan fingerprint density at radius 2 is 2.15 bits per heavy atom. The average molecular weight is 181 g/mol. The standard InChI is InChI=1S/C9H15N3O/c10-8(13)7-3-1-5-12-6-2-4-11-9(7)12/h11H,1-6H2,(H2,10,13). The van der Waals surface area contributed by atoms with Gasteiger partial charge in [-0.3, -0.25) is 4.79 Å². The fraction of sp³-hybridized carbons (Fsp3) is 0.667. The van der Waals surface area contributed by atoms with Gasteiger partial charge in [0.2, 0.25) is 5.91 Å². The molecule has 0 atom stereocenters. The quantitative estimate of drug-likeness (QED) is 0.587. The first-order chi connectivity index (χ1) is 6.29. The van der Waals surface area contributed by atoms with Gasteiger partial charge in [0, 0.05) is 19.6 Å². The highest BCUT2D eigenvalue weighted by Gasteiger charge is 2.24. The van der Waals surface area contributed by atoms with E-state index in [1.807, 2.05) is 0 Å². The highest BCUT2D eigenvalue weighted by Crippen LogP contribution is 2.22. The van der Waals surface area contributed by atoms with E-state index in [4.69, 9.17) is 5.73 Å². The molecule has 3 N–H and O–H groups in total. The summed E-state index contributed by atoms with van der Waals surface area (Å²) in [4.78, 5) is 13.3. The highest BCUT2D eigenvalue weighted by molar-refractivity contribution is 5.92. The molecule has 0 aromatic heterocycles. The SMILES string of the molecule is NC(=O)C1=C2NCCCN2CCC1. The predicted molar refractivity (Wildman–Crippen MR) is 49.6 cm³/mol. The maximum Gasteiger partial charge on any atom is 0.248 e. The van der Waals surface area contributed by atoms with E-state index in [0.29, 0.717) is 0 Å². The van der Waals surface area contributed by atoms with Crippen molar-refractivity contribution in [2.24, 2.45) is 5.73 Å². The summed E-state index contributed by atoms with van der Waals surface area (Å²) in [6, 6.07) is 0. The third kappa shape index (κ3) is 1.48. The zero-order valence-corrected chi connectivity index (χ0v) is 7.68. The molecule has 1 amide bonds. The third-order valence-corrected chi connectivity index (χ3v) is 2.65. The number of carbonyl (C=O) groups excluding carboxylic acids is 1. The molecule has 2 rings (SSSR count). The van der Waals surface area contributed by atoms with E-state index >= 15 is 0 Å². The topological polar surface area (TPSA) is 58.4 Å². The summed E-state index contributed by atoms with van der Waals surface area (Å²) in [5.41, 5.74) is 6.09. The average Bonchev–Trinajstić information content (AvgIpc) is 2.17. The van der Waals surface area contributed by atoms with Gasteiger partial charge in [-0.25, -0.2) is 0 Å². The number of amides is 1. The summed E-state index contributed by atoms with van der Waals surface area (Å²) in [7, 11) is 0. The second-order valence-corrected chi connectivity index (χ2v) is 3.56. The van der Waals surface area contributed by atoms with E-state index in [2.05, 4.69) is 10.2 Å². The molecule has 2 aliphatic heterocycles. The van der Waals surface area contributed by atoms with Crippen molar-refractivity contribution in [1.29, 1.82) is 0 Å². The first-order valence-corrected chi connectivity index (χ1v) is 4.81. The summed E-state index contributed by atoms with van der Waals surface area (Å²) < 4.78 is 0. The van der Waals surface area contributed by atoms with E-state index in [9.17, 15) is 4.79 Å². The molecule has 1 saturated heterocycles. The molecule has 2 heterocycles. The van der Waals surface area contributed by atoms with Crippen LogP contribution in [0.15, 0.2) is 11.4 Å². The lowest BCUT2D eigenvalue weighted by molar-refractivity contribution is -0.115. The van der Waals surface area contributed by atoms with Crippen molar-refractivity contribution in [3.8, 4) is 0 Å². The third-order valence-electron chi connectivity index (χ3n) is 2.65. The Morgan fingerprint density at radius 3 is 2.92 bits per heavy atom. The van der Waals surface area contributed by atoms with Crippen LogP contribution >= 0.6 is 0 Å². The largest absolute Gasteiger partial charge is 0.371 e. The Hall–Kier alpha value is -1.19. The maximum atomic E-state index is 11.1. The molecule has 0 radical (unpaired) electrons. The van der Waals surface area contributed by atoms with Crippen LogP contribution in [0.2, 0.25) is 0 Å². The number of primary amides is 1. The molecule has 0 aliphatic carbocycles. The van der Waals surface area contributed by atoms with Gasteiger partial charge in [-0.15, -0.1) is 0 Å². The molecule has 13 heavy (non-hydrogen) atoms. The summed E-state index contributed by atoms with van der Waals surface area (Å²) in [5, 5.41) is 3.26. The fourth-order valence-corrected chi connectivity index (χ4v) is 2.03. The molecule has 2 aliphatic rings. The number of nitrogens with zero attached hydrogens (tertiary/aromatic N) is 1. The minimum Gasteiger partial charge on any atom is -0.371 e. The Bertz CT molecular complexity index is 260. The van der Waals surface area contributed by atoms with Crippen LogP contribution in [0.25, 0.3) is 0 Å². The first-order valence-electron chi connectivity index (χ1n) is 4.81. The number of rotatable bonds is 1. The smallest absolute Gasteiger partial charge is 0.248 e. The van der Waals surface area contributed by atoms with Crippen LogP contribution < -0.4 is 11.1 Å². The van der Waals surface area contributed by atoms with Gasteiger partial charge in [0.15, 0.2) is 0 Å². The van der Waals surface area contributed by atoms with Crippen molar-refractivity contribution >= 4 is 5.91 Å². The Kier molecular flexibility index (Phi) is 2.12. The predicted octanol–water partition coefficient (Wildman–Crippen LogP) is -0.228.